The maximum Gasteiger partial charge on any atom is 0.434 e. The van der Waals surface area contributed by atoms with Crippen LogP contribution in [0.3, 0.4) is 0 Å². The van der Waals surface area contributed by atoms with E-state index in [0.717, 1.165) is 12.7 Å². The van der Waals surface area contributed by atoms with Gasteiger partial charge in [0, 0.05) is 18.1 Å². The molecule has 12 heteroatoms. The predicted octanol–water partition coefficient (Wildman–Crippen LogP) is 3.23. The van der Waals surface area contributed by atoms with Crippen LogP contribution in [-0.2, 0) is 10.0 Å². The number of aromatic nitrogens is 2. The number of methoxy groups -OCH3 is 1. The molecule has 0 bridgehead atoms. The zero-order valence-corrected chi connectivity index (χ0v) is 18.3. The molecule has 8 nitrogen and oxygen atoms in total. The molecule has 0 aliphatic heterocycles. The largest absolute Gasteiger partial charge is 0.495 e. The summed E-state index contributed by atoms with van der Waals surface area (Å²) >= 11 is 0. The Bertz CT molecular complexity index is 1320. The molecule has 0 aliphatic carbocycles. The molecule has 1 heterocycles. The second-order valence-electron chi connectivity index (χ2n) is 7.16. The summed E-state index contributed by atoms with van der Waals surface area (Å²) in [5.74, 6) is -5.96. The van der Waals surface area contributed by atoms with Crippen LogP contribution < -0.4 is 15.2 Å². The van der Waals surface area contributed by atoms with Crippen molar-refractivity contribution in [2.45, 2.75) is 37.6 Å². The molecular weight excluding hydrogens is 451 g/mol. The highest BCUT2D eigenvalue weighted by atomic mass is 32.2. The van der Waals surface area contributed by atoms with E-state index < -0.39 is 61.7 Å². The van der Waals surface area contributed by atoms with Crippen molar-refractivity contribution in [1.29, 1.82) is 0 Å². The summed E-state index contributed by atoms with van der Waals surface area (Å²) in [6.07, 6.45) is 0. The molecule has 0 aliphatic rings. The van der Waals surface area contributed by atoms with Gasteiger partial charge in [-0.05, 0) is 36.6 Å². The molecule has 32 heavy (non-hydrogen) atoms. The summed E-state index contributed by atoms with van der Waals surface area (Å²) in [5, 5.41) is 5.68. The summed E-state index contributed by atoms with van der Waals surface area (Å²) in [6.45, 7) is 4.89. The predicted molar refractivity (Wildman–Crippen MR) is 107 cm³/mol. The van der Waals surface area contributed by atoms with Gasteiger partial charge in [-0.15, -0.1) is 5.10 Å². The van der Waals surface area contributed by atoms with Crippen molar-refractivity contribution in [3.05, 3.63) is 74.8 Å². The number of sulfonamides is 1. The maximum absolute atomic E-state index is 14.7. The maximum atomic E-state index is 14.7. The fourth-order valence-electron chi connectivity index (χ4n) is 3.45. The van der Waals surface area contributed by atoms with Crippen LogP contribution >= 0.6 is 0 Å². The molecule has 1 aromatic heterocycles. The van der Waals surface area contributed by atoms with E-state index in [4.69, 9.17) is 9.15 Å². The lowest BCUT2D eigenvalue weighted by Gasteiger charge is -2.25. The van der Waals surface area contributed by atoms with Gasteiger partial charge >= 0.3 is 5.76 Å². The summed E-state index contributed by atoms with van der Waals surface area (Å²) in [6, 6.07) is 2.45. The number of halogens is 3. The number of benzene rings is 2. The molecule has 0 spiro atoms. The van der Waals surface area contributed by atoms with Gasteiger partial charge < -0.3 is 9.15 Å². The van der Waals surface area contributed by atoms with Crippen LogP contribution in [-0.4, -0.2) is 25.7 Å². The summed E-state index contributed by atoms with van der Waals surface area (Å²) in [5.41, 5.74) is 1.43. The molecule has 2 aromatic carbocycles. The van der Waals surface area contributed by atoms with E-state index in [1.54, 1.807) is 19.9 Å². The van der Waals surface area contributed by atoms with Crippen molar-refractivity contribution >= 4 is 10.0 Å². The van der Waals surface area contributed by atoms with Crippen LogP contribution in [0.25, 0.3) is 0 Å². The van der Waals surface area contributed by atoms with Crippen molar-refractivity contribution < 1.29 is 30.7 Å². The van der Waals surface area contributed by atoms with Crippen LogP contribution in [0.4, 0.5) is 13.2 Å². The number of nitrogens with zero attached hydrogens (tertiary/aromatic N) is 1. The third-order valence-electron chi connectivity index (χ3n) is 5.15. The van der Waals surface area contributed by atoms with Crippen LogP contribution in [0, 0.1) is 31.3 Å². The number of aromatic amines is 1. The Labute approximate surface area is 181 Å². The highest BCUT2D eigenvalue weighted by Gasteiger charge is 2.36. The number of nitrogens with one attached hydrogen (secondary N) is 2. The normalized spacial score (nSPS) is 13.7. The van der Waals surface area contributed by atoms with E-state index in [1.165, 1.54) is 13.0 Å². The molecule has 3 rings (SSSR count). The van der Waals surface area contributed by atoms with Crippen molar-refractivity contribution in [1.82, 2.24) is 14.9 Å². The van der Waals surface area contributed by atoms with Crippen LogP contribution in [0.15, 0.2) is 38.4 Å². The Balaban J connectivity index is 2.16. The van der Waals surface area contributed by atoms with E-state index in [-0.39, 0.29) is 5.56 Å². The minimum atomic E-state index is -4.73. The molecule has 2 atom stereocenters. The summed E-state index contributed by atoms with van der Waals surface area (Å²) in [7, 11) is -3.69. The van der Waals surface area contributed by atoms with Crippen LogP contribution in [0.5, 0.6) is 5.75 Å². The minimum Gasteiger partial charge on any atom is -0.495 e. The number of hydrogen-bond acceptors (Lipinski definition) is 6. The fourth-order valence-corrected chi connectivity index (χ4v) is 4.93. The second-order valence-corrected chi connectivity index (χ2v) is 8.81. The van der Waals surface area contributed by atoms with Crippen LogP contribution in [0.2, 0.25) is 0 Å². The van der Waals surface area contributed by atoms with Gasteiger partial charge in [-0.1, -0.05) is 13.0 Å². The van der Waals surface area contributed by atoms with Crippen molar-refractivity contribution in [3.8, 4) is 5.75 Å². The van der Waals surface area contributed by atoms with E-state index in [1.807, 2.05) is 5.10 Å². The van der Waals surface area contributed by atoms with Gasteiger partial charge in [-0.25, -0.2) is 31.5 Å². The molecule has 0 amide bonds. The van der Waals surface area contributed by atoms with E-state index in [0.29, 0.717) is 17.7 Å². The number of aryl methyl sites for hydroxylation is 1. The molecule has 0 saturated heterocycles. The number of hydrogen-bond donors (Lipinski definition) is 2. The standard InChI is InChI=1S/C20H20F3N3O5S/c1-9-5-6-13(22)16(10(9)2)11(3)17(19-24-25-20(27)31-19)26-32(28,29)18-14(23)7-12(21)8-15(18)30-4/h5-8,11,17,26H,1-4H3,(H,25,27)/t11-,17+/m1/s1. The van der Waals surface area contributed by atoms with E-state index in [2.05, 4.69) is 9.82 Å². The molecule has 0 radical (unpaired) electrons. The molecule has 0 fully saturated rings. The Morgan fingerprint density at radius 3 is 2.44 bits per heavy atom. The van der Waals surface area contributed by atoms with Gasteiger partial charge in [-0.2, -0.15) is 4.72 Å². The van der Waals surface area contributed by atoms with Crippen molar-refractivity contribution in [2.75, 3.05) is 7.11 Å². The van der Waals surface area contributed by atoms with Crippen LogP contribution in [0.1, 0.15) is 41.5 Å². The Kier molecular flexibility index (Phi) is 6.46. The fraction of sp³-hybridized carbons (Fsp3) is 0.300. The monoisotopic (exact) mass is 471 g/mol. The molecule has 0 saturated carbocycles. The molecule has 0 unspecified atom stereocenters. The lowest BCUT2D eigenvalue weighted by atomic mass is 9.88. The number of ether oxygens (including phenoxy) is 1. The SMILES string of the molecule is COc1cc(F)cc(F)c1S(=O)(=O)N[C@H](c1n[nH]c(=O)o1)[C@H](C)c1c(F)ccc(C)c1C. The lowest BCUT2D eigenvalue weighted by molar-refractivity contribution is 0.371. The first-order chi connectivity index (χ1) is 15.0. The topological polar surface area (TPSA) is 114 Å². The Morgan fingerprint density at radius 2 is 1.84 bits per heavy atom. The minimum absolute atomic E-state index is 0.148. The van der Waals surface area contributed by atoms with E-state index >= 15 is 0 Å². The molecule has 3 aromatic rings. The van der Waals surface area contributed by atoms with Gasteiger partial charge in [0.2, 0.25) is 15.9 Å². The van der Waals surface area contributed by atoms with Gasteiger partial charge in [0.05, 0.1) is 7.11 Å². The Hall–Kier alpha value is -3.12. The third kappa shape index (κ3) is 4.41. The quantitative estimate of drug-likeness (QED) is 0.547. The van der Waals surface area contributed by atoms with E-state index in [9.17, 15) is 26.4 Å². The first-order valence-corrected chi connectivity index (χ1v) is 10.8. The average Bonchev–Trinajstić information content (AvgIpc) is 3.14. The van der Waals surface area contributed by atoms with Gasteiger partial charge in [0.15, 0.2) is 4.90 Å². The first-order valence-electron chi connectivity index (χ1n) is 9.32. The first kappa shape index (κ1) is 23.5. The summed E-state index contributed by atoms with van der Waals surface area (Å²) in [4.78, 5) is 10.6. The highest BCUT2D eigenvalue weighted by molar-refractivity contribution is 7.89. The average molecular weight is 471 g/mol. The number of rotatable bonds is 7. The molecular formula is C20H20F3N3O5S. The van der Waals surface area contributed by atoms with Crippen molar-refractivity contribution in [3.63, 3.8) is 0 Å². The van der Waals surface area contributed by atoms with Gasteiger partial charge in [-0.3, -0.25) is 0 Å². The molecule has 2 N–H and O–H groups in total. The lowest BCUT2D eigenvalue weighted by Crippen LogP contribution is -2.33. The zero-order valence-electron chi connectivity index (χ0n) is 17.5. The second kappa shape index (κ2) is 8.79. The zero-order chi connectivity index (χ0) is 23.8. The Morgan fingerprint density at radius 1 is 1.16 bits per heavy atom. The van der Waals surface area contributed by atoms with Gasteiger partial charge in [0.1, 0.15) is 29.2 Å². The summed E-state index contributed by atoms with van der Waals surface area (Å²) < 4.78 is 80.9. The van der Waals surface area contributed by atoms with Crippen molar-refractivity contribution in [2.24, 2.45) is 0 Å². The highest BCUT2D eigenvalue weighted by Crippen LogP contribution is 2.36. The smallest absolute Gasteiger partial charge is 0.434 e. The third-order valence-corrected chi connectivity index (χ3v) is 6.65. The molecule has 172 valence electrons. The van der Waals surface area contributed by atoms with Gasteiger partial charge in [0.25, 0.3) is 0 Å². The number of H-pyrrole nitrogens is 1.